The van der Waals surface area contributed by atoms with Gasteiger partial charge in [-0.25, -0.2) is 4.68 Å². The van der Waals surface area contributed by atoms with Crippen LogP contribution in [0, 0.1) is 0 Å². The van der Waals surface area contributed by atoms with Gasteiger partial charge >= 0.3 is 0 Å². The molecule has 21 heavy (non-hydrogen) atoms. The molecule has 2 atom stereocenters. The topological polar surface area (TPSA) is 55.9 Å². The zero-order valence-electron chi connectivity index (χ0n) is 11.1. The number of benzene rings is 1. The first-order valence-corrected chi connectivity index (χ1v) is 7.14. The number of hydrogen-bond donors (Lipinski definition) is 1. The summed E-state index contributed by atoms with van der Waals surface area (Å²) < 4.78 is 7.42. The van der Waals surface area contributed by atoms with Gasteiger partial charge in [0.15, 0.2) is 0 Å². The van der Waals surface area contributed by atoms with Crippen molar-refractivity contribution in [2.75, 3.05) is 5.32 Å². The van der Waals surface area contributed by atoms with Gasteiger partial charge in [0.2, 0.25) is 5.95 Å². The number of fused-ring (bicyclic) bond motifs is 1. The summed E-state index contributed by atoms with van der Waals surface area (Å²) in [5.41, 5.74) is 1.06. The number of rotatable bonds is 2. The number of nitrogens with one attached hydrogen (secondary N) is 1. The number of halogens is 1. The van der Waals surface area contributed by atoms with Crippen LogP contribution in [0.5, 0.6) is 0 Å². The molecule has 1 N–H and O–H groups in total. The second-order valence-electron chi connectivity index (χ2n) is 5.01. The number of furan rings is 1. The van der Waals surface area contributed by atoms with Crippen molar-refractivity contribution < 1.29 is 4.42 Å². The predicted octanol–water partition coefficient (Wildman–Crippen LogP) is 3.67. The smallest absolute Gasteiger partial charge is 0.222 e. The van der Waals surface area contributed by atoms with E-state index in [1.54, 1.807) is 12.6 Å². The highest BCUT2D eigenvalue weighted by Crippen LogP contribution is 2.39. The molecule has 1 aliphatic heterocycles. The lowest BCUT2D eigenvalue weighted by atomic mass is 9.96. The SMILES string of the molecule is Clc1ccccc1[C@H]1C[C@@H](c2ccco2)n2ncnc2N1. The monoisotopic (exact) mass is 300 g/mol. The molecule has 0 radical (unpaired) electrons. The molecule has 0 aliphatic carbocycles. The quantitative estimate of drug-likeness (QED) is 0.784. The van der Waals surface area contributed by atoms with Crippen molar-refractivity contribution in [1.82, 2.24) is 14.8 Å². The number of hydrogen-bond acceptors (Lipinski definition) is 4. The Kier molecular flexibility index (Phi) is 2.93. The summed E-state index contributed by atoms with van der Waals surface area (Å²) >= 11 is 6.32. The summed E-state index contributed by atoms with van der Waals surface area (Å²) in [6.45, 7) is 0. The van der Waals surface area contributed by atoms with Crippen LogP contribution in [-0.4, -0.2) is 14.8 Å². The molecular weight excluding hydrogens is 288 g/mol. The molecule has 3 heterocycles. The van der Waals surface area contributed by atoms with Crippen molar-refractivity contribution in [2.45, 2.75) is 18.5 Å². The third-order valence-electron chi connectivity index (χ3n) is 3.78. The Hall–Kier alpha value is -2.27. The average molecular weight is 301 g/mol. The molecular formula is C15H13ClN4O. The second kappa shape index (κ2) is 4.93. The van der Waals surface area contributed by atoms with E-state index in [4.69, 9.17) is 16.0 Å². The Labute approximate surface area is 126 Å². The minimum Gasteiger partial charge on any atom is -0.467 e. The summed E-state index contributed by atoms with van der Waals surface area (Å²) in [5, 5.41) is 8.44. The van der Waals surface area contributed by atoms with Crippen molar-refractivity contribution in [1.29, 1.82) is 0 Å². The van der Waals surface area contributed by atoms with E-state index in [-0.39, 0.29) is 12.1 Å². The van der Waals surface area contributed by atoms with Crippen LogP contribution in [-0.2, 0) is 0 Å². The van der Waals surface area contributed by atoms with E-state index in [1.807, 2.05) is 41.1 Å². The van der Waals surface area contributed by atoms with Gasteiger partial charge in [0.05, 0.1) is 12.3 Å². The molecule has 0 saturated heterocycles. The fraction of sp³-hybridized carbons (Fsp3) is 0.200. The Balaban J connectivity index is 1.76. The van der Waals surface area contributed by atoms with Crippen LogP contribution in [0.1, 0.15) is 29.8 Å². The van der Waals surface area contributed by atoms with Gasteiger partial charge in [-0.1, -0.05) is 29.8 Å². The number of anilines is 1. The molecule has 3 aromatic rings. The normalized spacial score (nSPS) is 20.8. The van der Waals surface area contributed by atoms with Gasteiger partial charge in [-0.15, -0.1) is 0 Å². The average Bonchev–Trinajstić information content (AvgIpc) is 3.18. The van der Waals surface area contributed by atoms with Gasteiger partial charge < -0.3 is 9.73 Å². The summed E-state index contributed by atoms with van der Waals surface area (Å²) in [4.78, 5) is 4.28. The standard InChI is InChI=1S/C15H13ClN4O/c16-11-5-2-1-4-10(11)12-8-13(14-6-3-7-21-14)20-15(19-12)17-9-18-20/h1-7,9,12-13H,8H2,(H,17,18,19)/t12-,13+/m1/s1. The van der Waals surface area contributed by atoms with Crippen LogP contribution in [0.3, 0.4) is 0 Å². The summed E-state index contributed by atoms with van der Waals surface area (Å²) in [6, 6.07) is 11.8. The summed E-state index contributed by atoms with van der Waals surface area (Å²) in [5.74, 6) is 1.60. The molecule has 5 nitrogen and oxygen atoms in total. The molecule has 0 bridgehead atoms. The lowest BCUT2D eigenvalue weighted by Crippen LogP contribution is -2.28. The first-order valence-electron chi connectivity index (χ1n) is 6.77. The number of nitrogens with zero attached hydrogens (tertiary/aromatic N) is 3. The molecule has 2 aromatic heterocycles. The lowest BCUT2D eigenvalue weighted by Gasteiger charge is -2.30. The van der Waals surface area contributed by atoms with Gasteiger partial charge in [0.1, 0.15) is 18.1 Å². The van der Waals surface area contributed by atoms with Crippen LogP contribution in [0.25, 0.3) is 0 Å². The fourth-order valence-corrected chi connectivity index (χ4v) is 3.07. The van der Waals surface area contributed by atoms with Crippen molar-refractivity contribution >= 4 is 17.5 Å². The van der Waals surface area contributed by atoms with Crippen molar-refractivity contribution in [3.05, 3.63) is 65.3 Å². The minimum absolute atomic E-state index is 0.0139. The first kappa shape index (κ1) is 12.5. The molecule has 1 aromatic carbocycles. The Bertz CT molecular complexity index is 753. The van der Waals surface area contributed by atoms with Crippen LogP contribution in [0.15, 0.2) is 53.4 Å². The van der Waals surface area contributed by atoms with Crippen molar-refractivity contribution in [3.8, 4) is 0 Å². The molecule has 0 fully saturated rings. The van der Waals surface area contributed by atoms with E-state index in [0.29, 0.717) is 0 Å². The summed E-state index contributed by atoms with van der Waals surface area (Å²) in [7, 11) is 0. The predicted molar refractivity (Wildman–Crippen MR) is 79.3 cm³/mol. The van der Waals surface area contributed by atoms with E-state index in [2.05, 4.69) is 15.4 Å². The molecule has 0 spiro atoms. The highest BCUT2D eigenvalue weighted by molar-refractivity contribution is 6.31. The van der Waals surface area contributed by atoms with E-state index >= 15 is 0 Å². The molecule has 4 rings (SSSR count). The molecule has 0 saturated carbocycles. The maximum Gasteiger partial charge on any atom is 0.222 e. The molecule has 1 aliphatic rings. The van der Waals surface area contributed by atoms with Gasteiger partial charge in [-0.3, -0.25) is 0 Å². The molecule has 6 heteroatoms. The van der Waals surface area contributed by atoms with Crippen molar-refractivity contribution in [3.63, 3.8) is 0 Å². The van der Waals surface area contributed by atoms with Crippen LogP contribution >= 0.6 is 11.6 Å². The second-order valence-corrected chi connectivity index (χ2v) is 5.42. The van der Waals surface area contributed by atoms with E-state index in [1.165, 1.54) is 0 Å². The Morgan fingerprint density at radius 1 is 1.24 bits per heavy atom. The molecule has 0 amide bonds. The maximum atomic E-state index is 6.32. The van der Waals surface area contributed by atoms with Crippen LogP contribution in [0.4, 0.5) is 5.95 Å². The van der Waals surface area contributed by atoms with Gasteiger partial charge in [-0.05, 0) is 23.8 Å². The zero-order chi connectivity index (χ0) is 14.2. The third-order valence-corrected chi connectivity index (χ3v) is 4.13. The van der Waals surface area contributed by atoms with E-state index < -0.39 is 0 Å². The van der Waals surface area contributed by atoms with Gasteiger partial charge in [0.25, 0.3) is 0 Å². The maximum absolute atomic E-state index is 6.32. The first-order chi connectivity index (χ1) is 10.3. The van der Waals surface area contributed by atoms with Gasteiger partial charge in [0, 0.05) is 11.4 Å². The highest BCUT2D eigenvalue weighted by Gasteiger charge is 2.32. The molecule has 106 valence electrons. The molecule has 0 unspecified atom stereocenters. The van der Waals surface area contributed by atoms with Crippen molar-refractivity contribution in [2.24, 2.45) is 0 Å². The largest absolute Gasteiger partial charge is 0.467 e. The third kappa shape index (κ3) is 2.10. The number of aromatic nitrogens is 3. The highest BCUT2D eigenvalue weighted by atomic mass is 35.5. The summed E-state index contributed by atoms with van der Waals surface area (Å²) in [6.07, 6.45) is 4.03. The minimum atomic E-state index is 0.0139. The van der Waals surface area contributed by atoms with Crippen LogP contribution in [0.2, 0.25) is 5.02 Å². The zero-order valence-corrected chi connectivity index (χ0v) is 11.9. The Morgan fingerprint density at radius 2 is 2.14 bits per heavy atom. The van der Waals surface area contributed by atoms with Crippen LogP contribution < -0.4 is 5.32 Å². The van der Waals surface area contributed by atoms with E-state index in [9.17, 15) is 0 Å². The lowest BCUT2D eigenvalue weighted by molar-refractivity contribution is 0.358. The Morgan fingerprint density at radius 3 is 2.95 bits per heavy atom. The van der Waals surface area contributed by atoms with E-state index in [0.717, 1.165) is 28.7 Å². The fourth-order valence-electron chi connectivity index (χ4n) is 2.80. The van der Waals surface area contributed by atoms with Gasteiger partial charge in [-0.2, -0.15) is 10.1 Å².